The monoisotopic (exact) mass is 344 g/mol. The van der Waals surface area contributed by atoms with Gasteiger partial charge in [-0.15, -0.1) is 11.3 Å². The average molecular weight is 344 g/mol. The van der Waals surface area contributed by atoms with Crippen molar-refractivity contribution in [2.24, 2.45) is 0 Å². The summed E-state index contributed by atoms with van der Waals surface area (Å²) in [5, 5.41) is 5.13. The number of carbonyl (C=O) groups excluding carboxylic acids is 1. The minimum absolute atomic E-state index is 0.0589. The van der Waals surface area contributed by atoms with Gasteiger partial charge in [0, 0.05) is 24.5 Å². The molecule has 2 aliphatic rings. The zero-order valence-corrected chi connectivity index (χ0v) is 14.2. The Labute approximate surface area is 145 Å². The molecule has 1 aromatic carbocycles. The Bertz CT molecular complexity index is 744. The maximum atomic E-state index is 12.2. The molecule has 0 radical (unpaired) electrons. The number of amides is 1. The molecule has 24 heavy (non-hydrogen) atoms. The molecular formula is C18H20N2O3S. The van der Waals surface area contributed by atoms with Crippen LogP contribution >= 0.6 is 11.3 Å². The molecule has 1 N–H and O–H groups in total. The number of rotatable bonds is 4. The minimum Gasteiger partial charge on any atom is -0.486 e. The van der Waals surface area contributed by atoms with Crippen molar-refractivity contribution in [1.29, 1.82) is 0 Å². The highest BCUT2D eigenvalue weighted by Crippen LogP contribution is 2.30. The largest absolute Gasteiger partial charge is 0.486 e. The Morgan fingerprint density at radius 3 is 3.00 bits per heavy atom. The number of carbonyl (C=O) groups is 1. The molecule has 2 aromatic rings. The second-order valence-corrected chi connectivity index (χ2v) is 7.09. The summed E-state index contributed by atoms with van der Waals surface area (Å²) in [4.78, 5) is 15.9. The van der Waals surface area contributed by atoms with Gasteiger partial charge in [0.2, 0.25) is 5.91 Å². The zero-order chi connectivity index (χ0) is 16.4. The molecule has 3 heterocycles. The van der Waals surface area contributed by atoms with Crippen molar-refractivity contribution in [1.82, 2.24) is 10.2 Å². The molecule has 1 amide bonds. The van der Waals surface area contributed by atoms with E-state index in [4.69, 9.17) is 9.47 Å². The number of fused-ring (bicyclic) bond motifs is 2. The van der Waals surface area contributed by atoms with E-state index in [-0.39, 0.29) is 5.91 Å². The summed E-state index contributed by atoms with van der Waals surface area (Å²) in [5.74, 6) is 1.59. The molecule has 126 valence electrons. The van der Waals surface area contributed by atoms with Gasteiger partial charge in [-0.1, -0.05) is 6.07 Å². The summed E-state index contributed by atoms with van der Waals surface area (Å²) in [5.41, 5.74) is 2.39. The molecule has 6 heteroatoms. The van der Waals surface area contributed by atoms with Crippen LogP contribution in [0.5, 0.6) is 11.5 Å². The molecular weight excluding hydrogens is 324 g/mol. The van der Waals surface area contributed by atoms with Crippen LogP contribution in [0.2, 0.25) is 0 Å². The third-order valence-electron chi connectivity index (χ3n) is 4.35. The van der Waals surface area contributed by atoms with Crippen LogP contribution in [0.4, 0.5) is 0 Å². The molecule has 1 aromatic heterocycles. The van der Waals surface area contributed by atoms with Crippen LogP contribution in [0, 0.1) is 0 Å². The van der Waals surface area contributed by atoms with Crippen LogP contribution in [0.1, 0.15) is 16.0 Å². The maximum Gasteiger partial charge on any atom is 0.234 e. The zero-order valence-electron chi connectivity index (χ0n) is 13.4. The Kier molecular flexibility index (Phi) is 4.40. The van der Waals surface area contributed by atoms with Crippen LogP contribution in [-0.2, 0) is 24.3 Å². The van der Waals surface area contributed by atoms with Gasteiger partial charge in [-0.2, -0.15) is 0 Å². The van der Waals surface area contributed by atoms with E-state index in [0.29, 0.717) is 26.3 Å². The number of thiophene rings is 1. The van der Waals surface area contributed by atoms with Crippen LogP contribution < -0.4 is 14.8 Å². The van der Waals surface area contributed by atoms with Crippen LogP contribution in [0.25, 0.3) is 0 Å². The second-order valence-electron chi connectivity index (χ2n) is 6.08. The van der Waals surface area contributed by atoms with Gasteiger partial charge in [-0.3, -0.25) is 9.69 Å². The lowest BCUT2D eigenvalue weighted by Crippen LogP contribution is -2.39. The minimum atomic E-state index is 0.0589. The first-order valence-electron chi connectivity index (χ1n) is 8.21. The van der Waals surface area contributed by atoms with Crippen molar-refractivity contribution in [2.45, 2.75) is 19.5 Å². The molecule has 0 unspecified atom stereocenters. The van der Waals surface area contributed by atoms with Crippen molar-refractivity contribution in [3.63, 3.8) is 0 Å². The summed E-state index contributed by atoms with van der Waals surface area (Å²) in [6.07, 6.45) is 1.04. The molecule has 0 saturated heterocycles. The number of benzene rings is 1. The van der Waals surface area contributed by atoms with Gasteiger partial charge < -0.3 is 14.8 Å². The van der Waals surface area contributed by atoms with E-state index >= 15 is 0 Å². The average Bonchev–Trinajstić information content (AvgIpc) is 3.07. The number of hydrogen-bond donors (Lipinski definition) is 1. The van der Waals surface area contributed by atoms with E-state index in [0.717, 1.165) is 36.6 Å². The normalized spacial score (nSPS) is 16.5. The molecule has 0 spiro atoms. The number of nitrogens with one attached hydrogen (secondary N) is 1. The van der Waals surface area contributed by atoms with E-state index < -0.39 is 0 Å². The van der Waals surface area contributed by atoms with E-state index in [9.17, 15) is 4.79 Å². The molecule has 0 atom stereocenters. The first-order valence-corrected chi connectivity index (χ1v) is 9.09. The smallest absolute Gasteiger partial charge is 0.234 e. The first-order chi connectivity index (χ1) is 11.8. The van der Waals surface area contributed by atoms with Gasteiger partial charge in [0.15, 0.2) is 11.5 Å². The lowest BCUT2D eigenvalue weighted by atomic mass is 10.1. The fraction of sp³-hybridized carbons (Fsp3) is 0.389. The molecule has 0 aliphatic carbocycles. The third kappa shape index (κ3) is 3.39. The van der Waals surface area contributed by atoms with Gasteiger partial charge in [0.05, 0.1) is 6.54 Å². The molecule has 0 saturated carbocycles. The Balaban J connectivity index is 1.29. The van der Waals surface area contributed by atoms with Crippen LogP contribution in [0.15, 0.2) is 29.6 Å². The lowest BCUT2D eigenvalue weighted by molar-refractivity contribution is -0.122. The van der Waals surface area contributed by atoms with Crippen molar-refractivity contribution < 1.29 is 14.3 Å². The maximum absolute atomic E-state index is 12.2. The number of hydrogen-bond acceptors (Lipinski definition) is 5. The highest BCUT2D eigenvalue weighted by molar-refractivity contribution is 7.10. The predicted molar refractivity (Wildman–Crippen MR) is 92.6 cm³/mol. The standard InChI is InChI=1S/C18H20N2O3S/c21-18(12-20-5-3-17-14(11-20)4-8-24-17)19-10-13-1-2-15-16(9-13)23-7-6-22-15/h1-2,4,8-9H,3,5-7,10-12H2,(H,19,21). The number of ether oxygens (including phenoxy) is 2. The predicted octanol–water partition coefficient (Wildman–Crippen LogP) is 2.19. The Morgan fingerprint density at radius 1 is 1.21 bits per heavy atom. The SMILES string of the molecule is O=C(CN1CCc2sccc2C1)NCc1ccc2c(c1)OCCO2. The van der Waals surface area contributed by atoms with E-state index in [1.807, 2.05) is 29.5 Å². The molecule has 5 nitrogen and oxygen atoms in total. The molecule has 0 fully saturated rings. The van der Waals surface area contributed by atoms with Crippen LogP contribution in [0.3, 0.4) is 0 Å². The van der Waals surface area contributed by atoms with Gasteiger partial charge in [0.1, 0.15) is 13.2 Å². The fourth-order valence-electron chi connectivity index (χ4n) is 3.10. The Morgan fingerprint density at radius 2 is 2.08 bits per heavy atom. The van der Waals surface area contributed by atoms with Gasteiger partial charge in [-0.05, 0) is 41.1 Å². The highest BCUT2D eigenvalue weighted by Gasteiger charge is 2.19. The summed E-state index contributed by atoms with van der Waals surface area (Å²) in [7, 11) is 0. The summed E-state index contributed by atoms with van der Waals surface area (Å²) >= 11 is 1.82. The van der Waals surface area contributed by atoms with E-state index in [1.54, 1.807) is 0 Å². The number of nitrogens with zero attached hydrogens (tertiary/aromatic N) is 1. The summed E-state index contributed by atoms with van der Waals surface area (Å²) in [6, 6.07) is 7.97. The summed E-state index contributed by atoms with van der Waals surface area (Å²) in [6.45, 7) is 3.93. The highest BCUT2D eigenvalue weighted by atomic mass is 32.1. The lowest BCUT2D eigenvalue weighted by Gasteiger charge is -2.26. The van der Waals surface area contributed by atoms with Crippen molar-refractivity contribution in [3.05, 3.63) is 45.6 Å². The van der Waals surface area contributed by atoms with E-state index in [1.165, 1.54) is 10.4 Å². The molecule has 0 bridgehead atoms. The summed E-state index contributed by atoms with van der Waals surface area (Å²) < 4.78 is 11.1. The van der Waals surface area contributed by atoms with Crippen LogP contribution in [-0.4, -0.2) is 37.1 Å². The van der Waals surface area contributed by atoms with Crippen molar-refractivity contribution in [2.75, 3.05) is 26.3 Å². The second kappa shape index (κ2) is 6.83. The topological polar surface area (TPSA) is 50.8 Å². The van der Waals surface area contributed by atoms with Crippen molar-refractivity contribution in [3.8, 4) is 11.5 Å². The quantitative estimate of drug-likeness (QED) is 0.924. The molecule has 2 aliphatic heterocycles. The van der Waals surface area contributed by atoms with Gasteiger partial charge >= 0.3 is 0 Å². The first kappa shape index (κ1) is 15.5. The fourth-order valence-corrected chi connectivity index (χ4v) is 3.99. The Hall–Kier alpha value is -2.05. The van der Waals surface area contributed by atoms with Gasteiger partial charge in [0.25, 0.3) is 0 Å². The third-order valence-corrected chi connectivity index (χ3v) is 5.37. The van der Waals surface area contributed by atoms with E-state index in [2.05, 4.69) is 21.7 Å². The van der Waals surface area contributed by atoms with Crippen molar-refractivity contribution >= 4 is 17.2 Å². The van der Waals surface area contributed by atoms with Gasteiger partial charge in [-0.25, -0.2) is 0 Å². The molecule has 4 rings (SSSR count).